The first kappa shape index (κ1) is 19.9. The van der Waals surface area contributed by atoms with Crippen molar-refractivity contribution in [3.8, 4) is 0 Å². The number of nitrogens with one attached hydrogen (secondary N) is 1. The maximum absolute atomic E-state index is 13.7. The van der Waals surface area contributed by atoms with Crippen LogP contribution in [-0.4, -0.2) is 31.2 Å². The van der Waals surface area contributed by atoms with Gasteiger partial charge in [0.05, 0.1) is 0 Å². The predicted molar refractivity (Wildman–Crippen MR) is 97.7 cm³/mol. The van der Waals surface area contributed by atoms with Crippen LogP contribution in [0.3, 0.4) is 0 Å². The molecule has 1 fully saturated rings. The Kier molecular flexibility index (Phi) is 7.85. The van der Waals surface area contributed by atoms with E-state index in [1.807, 2.05) is 6.92 Å². The topological polar surface area (TPSA) is 64.3 Å². The van der Waals surface area contributed by atoms with Gasteiger partial charge >= 0.3 is 0 Å². The summed E-state index contributed by atoms with van der Waals surface area (Å²) in [6, 6.07) is 6.12. The summed E-state index contributed by atoms with van der Waals surface area (Å²) < 4.78 is 19.1. The number of halogens is 1. The van der Waals surface area contributed by atoms with E-state index < -0.39 is 6.10 Å². The maximum atomic E-state index is 13.7. The summed E-state index contributed by atoms with van der Waals surface area (Å²) in [5, 5.41) is 2.91. The van der Waals surface area contributed by atoms with E-state index >= 15 is 0 Å². The lowest BCUT2D eigenvalue weighted by Gasteiger charge is -2.29. The molecule has 0 heterocycles. The number of rotatable bonds is 8. The van der Waals surface area contributed by atoms with Crippen LogP contribution in [0.4, 0.5) is 4.39 Å². The molecule has 1 aromatic rings. The van der Waals surface area contributed by atoms with Crippen molar-refractivity contribution in [2.24, 2.45) is 11.7 Å². The maximum Gasteiger partial charge on any atom is 0.250 e. The molecule has 2 rings (SSSR count). The van der Waals surface area contributed by atoms with Crippen LogP contribution in [0.1, 0.15) is 51.0 Å². The highest BCUT2D eigenvalue weighted by atomic mass is 19.1. The fraction of sp³-hybridized carbons (Fsp3) is 0.650. The van der Waals surface area contributed by atoms with E-state index in [1.54, 1.807) is 18.2 Å². The minimum Gasteiger partial charge on any atom is -0.370 e. The third-order valence-corrected chi connectivity index (χ3v) is 5.10. The van der Waals surface area contributed by atoms with Crippen molar-refractivity contribution in [3.05, 3.63) is 35.6 Å². The second kappa shape index (κ2) is 9.88. The molecule has 4 nitrogen and oxygen atoms in total. The van der Waals surface area contributed by atoms with Crippen LogP contribution >= 0.6 is 0 Å². The number of carbonyl (C=O) groups is 1. The van der Waals surface area contributed by atoms with Gasteiger partial charge in [-0.05, 0) is 37.3 Å². The minimum atomic E-state index is -0.662. The number of hydrogen-bond acceptors (Lipinski definition) is 3. The summed E-state index contributed by atoms with van der Waals surface area (Å²) >= 11 is 0. The molecule has 3 atom stereocenters. The first-order chi connectivity index (χ1) is 12.0. The van der Waals surface area contributed by atoms with Crippen LogP contribution in [0, 0.1) is 11.7 Å². The van der Waals surface area contributed by atoms with E-state index in [0.29, 0.717) is 17.9 Å². The third-order valence-electron chi connectivity index (χ3n) is 5.10. The van der Waals surface area contributed by atoms with E-state index in [1.165, 1.54) is 45.3 Å². The fourth-order valence-corrected chi connectivity index (χ4v) is 3.78. The smallest absolute Gasteiger partial charge is 0.250 e. The van der Waals surface area contributed by atoms with Crippen molar-refractivity contribution >= 4 is 5.91 Å². The van der Waals surface area contributed by atoms with E-state index in [4.69, 9.17) is 10.5 Å². The first-order valence-electron chi connectivity index (χ1n) is 9.33. The molecule has 25 heavy (non-hydrogen) atoms. The molecule has 1 aliphatic rings. The molecule has 0 radical (unpaired) electrons. The Morgan fingerprint density at radius 3 is 2.64 bits per heavy atom. The molecule has 1 amide bonds. The molecule has 5 heteroatoms. The summed E-state index contributed by atoms with van der Waals surface area (Å²) in [5.74, 6) is 0.126. The largest absolute Gasteiger partial charge is 0.370 e. The van der Waals surface area contributed by atoms with Gasteiger partial charge in [0.1, 0.15) is 5.82 Å². The van der Waals surface area contributed by atoms with E-state index in [0.717, 1.165) is 6.42 Å². The zero-order valence-electron chi connectivity index (χ0n) is 15.3. The molecule has 0 aromatic heterocycles. The van der Waals surface area contributed by atoms with Crippen LogP contribution in [0.15, 0.2) is 24.3 Å². The van der Waals surface area contributed by atoms with Crippen molar-refractivity contribution in [2.45, 2.75) is 70.1 Å². The molecule has 1 saturated carbocycles. The Bertz CT molecular complexity index is 546. The average Bonchev–Trinajstić information content (AvgIpc) is 2.58. The first-order valence-corrected chi connectivity index (χ1v) is 9.33. The van der Waals surface area contributed by atoms with E-state index in [9.17, 15) is 9.18 Å². The number of ether oxygens (including phenoxy) is 1. The summed E-state index contributed by atoms with van der Waals surface area (Å²) in [7, 11) is 1.52. The highest BCUT2D eigenvalue weighted by Crippen LogP contribution is 2.27. The lowest BCUT2D eigenvalue weighted by molar-refractivity contribution is -0.133. The lowest BCUT2D eigenvalue weighted by atomic mass is 9.84. The van der Waals surface area contributed by atoms with Crippen LogP contribution in [-0.2, 0) is 16.0 Å². The number of methoxy groups -OCH3 is 1. The van der Waals surface area contributed by atoms with Crippen molar-refractivity contribution < 1.29 is 13.9 Å². The van der Waals surface area contributed by atoms with Gasteiger partial charge in [-0.1, -0.05) is 50.3 Å². The molecular weight excluding hydrogens is 319 g/mol. The monoisotopic (exact) mass is 350 g/mol. The zero-order valence-corrected chi connectivity index (χ0v) is 15.3. The van der Waals surface area contributed by atoms with Gasteiger partial charge in [0, 0.05) is 19.2 Å². The SMILES string of the molecule is COC(C(=O)NC(C)Cc1ccccc1F)[C@H](N)CC1CCCCC1. The second-order valence-electron chi connectivity index (χ2n) is 7.27. The predicted octanol–water partition coefficient (Wildman–Crippen LogP) is 3.19. The highest BCUT2D eigenvalue weighted by Gasteiger charge is 2.29. The number of nitrogens with two attached hydrogens (primary N) is 1. The molecular formula is C20H31FN2O2. The molecule has 0 bridgehead atoms. The van der Waals surface area contributed by atoms with Crippen molar-refractivity contribution in [1.29, 1.82) is 0 Å². The van der Waals surface area contributed by atoms with Crippen molar-refractivity contribution in [2.75, 3.05) is 7.11 Å². The molecule has 140 valence electrons. The van der Waals surface area contributed by atoms with E-state index in [2.05, 4.69) is 5.32 Å². The van der Waals surface area contributed by atoms with Crippen LogP contribution < -0.4 is 11.1 Å². The fourth-order valence-electron chi connectivity index (χ4n) is 3.78. The molecule has 0 spiro atoms. The van der Waals surface area contributed by atoms with Crippen LogP contribution in [0.2, 0.25) is 0 Å². The molecule has 0 saturated heterocycles. The normalized spacial score (nSPS) is 19.2. The Balaban J connectivity index is 1.86. The zero-order chi connectivity index (χ0) is 18.2. The molecule has 1 aromatic carbocycles. The Morgan fingerprint density at radius 2 is 2.00 bits per heavy atom. The molecule has 1 aliphatic carbocycles. The number of benzene rings is 1. The van der Waals surface area contributed by atoms with Gasteiger partial charge in [-0.2, -0.15) is 0 Å². The number of carbonyl (C=O) groups excluding carboxylic acids is 1. The molecule has 3 N–H and O–H groups in total. The van der Waals surface area contributed by atoms with Gasteiger partial charge < -0.3 is 15.8 Å². The second-order valence-corrected chi connectivity index (χ2v) is 7.27. The minimum absolute atomic E-state index is 0.191. The summed E-state index contributed by atoms with van der Waals surface area (Å²) in [5.41, 5.74) is 6.86. The Labute approximate surface area is 150 Å². The molecule has 2 unspecified atom stereocenters. The van der Waals surface area contributed by atoms with Gasteiger partial charge in [0.2, 0.25) is 0 Å². The lowest BCUT2D eigenvalue weighted by Crippen LogP contribution is -2.50. The van der Waals surface area contributed by atoms with Crippen molar-refractivity contribution in [1.82, 2.24) is 5.32 Å². The summed E-state index contributed by atoms with van der Waals surface area (Å²) in [4.78, 5) is 12.5. The Hall–Kier alpha value is -1.46. The highest BCUT2D eigenvalue weighted by molar-refractivity contribution is 5.81. The van der Waals surface area contributed by atoms with Gasteiger partial charge in [-0.15, -0.1) is 0 Å². The van der Waals surface area contributed by atoms with Gasteiger partial charge in [0.25, 0.3) is 5.91 Å². The van der Waals surface area contributed by atoms with Gasteiger partial charge in [-0.3, -0.25) is 4.79 Å². The number of hydrogen-bond donors (Lipinski definition) is 2. The van der Waals surface area contributed by atoms with Crippen LogP contribution in [0.5, 0.6) is 0 Å². The summed E-state index contributed by atoms with van der Waals surface area (Å²) in [6.07, 6.45) is 6.77. The molecule has 0 aliphatic heterocycles. The quantitative estimate of drug-likeness (QED) is 0.757. The standard InChI is InChI=1S/C20H31FN2O2/c1-14(12-16-10-6-7-11-17(16)21)23-20(24)19(25-2)18(22)13-15-8-4-3-5-9-15/h6-7,10-11,14-15,18-19H,3-5,8-9,12-13,22H2,1-2H3,(H,23,24)/t14?,18-,19?/m1/s1. The van der Waals surface area contributed by atoms with Gasteiger partial charge in [0.15, 0.2) is 6.10 Å². The third kappa shape index (κ3) is 6.08. The van der Waals surface area contributed by atoms with Crippen molar-refractivity contribution in [3.63, 3.8) is 0 Å². The summed E-state index contributed by atoms with van der Waals surface area (Å²) in [6.45, 7) is 1.86. The van der Waals surface area contributed by atoms with Gasteiger partial charge in [-0.25, -0.2) is 4.39 Å². The van der Waals surface area contributed by atoms with Crippen LogP contribution in [0.25, 0.3) is 0 Å². The number of amides is 1. The average molecular weight is 350 g/mol. The van der Waals surface area contributed by atoms with E-state index in [-0.39, 0.29) is 23.8 Å². The Morgan fingerprint density at radius 1 is 1.32 bits per heavy atom.